The van der Waals surface area contributed by atoms with Crippen LogP contribution in [0, 0.1) is 0 Å². The van der Waals surface area contributed by atoms with E-state index in [0.717, 1.165) is 16.5 Å². The molecule has 1 heterocycles. The molecule has 0 N–H and O–H groups in total. The minimum absolute atomic E-state index is 0.223. The lowest BCUT2D eigenvalue weighted by molar-refractivity contribution is -0.0451. The molecular formula is C16H13BrO2. The van der Waals surface area contributed by atoms with Crippen molar-refractivity contribution in [2.75, 3.05) is 13.2 Å². The van der Waals surface area contributed by atoms with Gasteiger partial charge in [0.15, 0.2) is 6.29 Å². The largest absolute Gasteiger partial charge is 0.346 e. The first-order chi connectivity index (χ1) is 9.34. The Kier molecular flexibility index (Phi) is 2.72. The van der Waals surface area contributed by atoms with Crippen LogP contribution in [0.1, 0.15) is 23.0 Å². The Balaban J connectivity index is 1.90. The van der Waals surface area contributed by atoms with Gasteiger partial charge in [-0.05, 0) is 34.7 Å². The highest BCUT2D eigenvalue weighted by Crippen LogP contribution is 2.44. The Morgan fingerprint density at radius 1 is 0.947 bits per heavy atom. The van der Waals surface area contributed by atoms with Gasteiger partial charge in [-0.2, -0.15) is 0 Å². The Bertz CT molecular complexity index is 645. The SMILES string of the molecule is Brc1ccc2c(c1C1OCCO1)Cc1ccccc1-2. The fraction of sp³-hybridized carbons (Fsp3) is 0.250. The molecular weight excluding hydrogens is 304 g/mol. The molecule has 0 saturated carbocycles. The van der Waals surface area contributed by atoms with Crippen molar-refractivity contribution in [3.8, 4) is 11.1 Å². The molecule has 0 aromatic heterocycles. The lowest BCUT2D eigenvalue weighted by Gasteiger charge is -2.16. The van der Waals surface area contributed by atoms with Gasteiger partial charge in [0.2, 0.25) is 0 Å². The Morgan fingerprint density at radius 3 is 2.58 bits per heavy atom. The van der Waals surface area contributed by atoms with Crippen LogP contribution in [-0.4, -0.2) is 13.2 Å². The fourth-order valence-corrected chi connectivity index (χ4v) is 3.54. The zero-order valence-electron chi connectivity index (χ0n) is 10.4. The summed E-state index contributed by atoms with van der Waals surface area (Å²) in [7, 11) is 0. The van der Waals surface area contributed by atoms with Crippen LogP contribution in [0.3, 0.4) is 0 Å². The van der Waals surface area contributed by atoms with E-state index in [2.05, 4.69) is 52.3 Å². The highest BCUT2D eigenvalue weighted by Gasteiger charge is 2.29. The second-order valence-electron chi connectivity index (χ2n) is 4.89. The van der Waals surface area contributed by atoms with Gasteiger partial charge in [0.05, 0.1) is 13.2 Å². The van der Waals surface area contributed by atoms with E-state index in [9.17, 15) is 0 Å². The smallest absolute Gasteiger partial charge is 0.185 e. The molecule has 1 saturated heterocycles. The van der Waals surface area contributed by atoms with Crippen molar-refractivity contribution in [2.24, 2.45) is 0 Å². The molecule has 1 aliphatic carbocycles. The number of ether oxygens (including phenoxy) is 2. The number of fused-ring (bicyclic) bond motifs is 3. The van der Waals surface area contributed by atoms with E-state index in [1.165, 1.54) is 22.3 Å². The third kappa shape index (κ3) is 1.76. The molecule has 2 aromatic rings. The highest BCUT2D eigenvalue weighted by atomic mass is 79.9. The van der Waals surface area contributed by atoms with E-state index < -0.39 is 0 Å². The summed E-state index contributed by atoms with van der Waals surface area (Å²) in [6, 6.07) is 12.9. The van der Waals surface area contributed by atoms with Crippen molar-refractivity contribution >= 4 is 15.9 Å². The Hall–Kier alpha value is -1.16. The lowest BCUT2D eigenvalue weighted by Crippen LogP contribution is -2.04. The predicted octanol–water partition coefficient (Wildman–Crippen LogP) is 4.07. The zero-order chi connectivity index (χ0) is 12.8. The normalized spacial score (nSPS) is 17.5. The summed E-state index contributed by atoms with van der Waals surface area (Å²) in [5.74, 6) is 0. The van der Waals surface area contributed by atoms with E-state index in [1.54, 1.807) is 0 Å². The van der Waals surface area contributed by atoms with Crippen LogP contribution in [0.2, 0.25) is 0 Å². The first-order valence-electron chi connectivity index (χ1n) is 6.47. The molecule has 2 nitrogen and oxygen atoms in total. The number of hydrogen-bond acceptors (Lipinski definition) is 2. The van der Waals surface area contributed by atoms with Crippen LogP contribution in [0.15, 0.2) is 40.9 Å². The quantitative estimate of drug-likeness (QED) is 0.674. The van der Waals surface area contributed by atoms with Crippen LogP contribution < -0.4 is 0 Å². The number of halogens is 1. The maximum atomic E-state index is 5.69. The summed E-state index contributed by atoms with van der Waals surface area (Å²) in [6.45, 7) is 1.35. The van der Waals surface area contributed by atoms with Gasteiger partial charge >= 0.3 is 0 Å². The van der Waals surface area contributed by atoms with Crippen LogP contribution in [0.25, 0.3) is 11.1 Å². The molecule has 0 amide bonds. The molecule has 1 fully saturated rings. The first-order valence-corrected chi connectivity index (χ1v) is 7.26. The van der Waals surface area contributed by atoms with Crippen molar-refractivity contribution in [2.45, 2.75) is 12.7 Å². The van der Waals surface area contributed by atoms with Gasteiger partial charge in [-0.3, -0.25) is 0 Å². The van der Waals surface area contributed by atoms with Gasteiger partial charge in [0.25, 0.3) is 0 Å². The van der Waals surface area contributed by atoms with Crippen molar-refractivity contribution in [1.82, 2.24) is 0 Å². The number of hydrogen-bond donors (Lipinski definition) is 0. The highest BCUT2D eigenvalue weighted by molar-refractivity contribution is 9.10. The summed E-state index contributed by atoms with van der Waals surface area (Å²) in [6.07, 6.45) is 0.738. The van der Waals surface area contributed by atoms with E-state index in [0.29, 0.717) is 13.2 Å². The van der Waals surface area contributed by atoms with Crippen LogP contribution in [-0.2, 0) is 15.9 Å². The van der Waals surface area contributed by atoms with Crippen molar-refractivity contribution < 1.29 is 9.47 Å². The monoisotopic (exact) mass is 316 g/mol. The van der Waals surface area contributed by atoms with E-state index >= 15 is 0 Å². The molecule has 4 rings (SSSR count). The second-order valence-corrected chi connectivity index (χ2v) is 5.75. The van der Waals surface area contributed by atoms with E-state index in [4.69, 9.17) is 9.47 Å². The molecule has 0 atom stereocenters. The summed E-state index contributed by atoms with van der Waals surface area (Å²) < 4.78 is 12.5. The Labute approximate surface area is 120 Å². The third-order valence-corrected chi connectivity index (χ3v) is 4.53. The molecule has 1 aliphatic heterocycles. The standard InChI is InChI=1S/C16H13BrO2/c17-14-6-5-12-11-4-2-1-3-10(11)9-13(12)15(14)16-18-7-8-19-16/h1-6,16H,7-9H2. The van der Waals surface area contributed by atoms with Gasteiger partial charge in [-0.1, -0.05) is 46.3 Å². The number of rotatable bonds is 1. The van der Waals surface area contributed by atoms with Gasteiger partial charge in [0, 0.05) is 10.0 Å². The van der Waals surface area contributed by atoms with Crippen LogP contribution in [0.4, 0.5) is 0 Å². The molecule has 96 valence electrons. The number of benzene rings is 2. The predicted molar refractivity (Wildman–Crippen MR) is 77.0 cm³/mol. The summed E-state index contributed by atoms with van der Waals surface area (Å²) >= 11 is 3.64. The average Bonchev–Trinajstić information content (AvgIpc) is 3.05. The lowest BCUT2D eigenvalue weighted by atomic mass is 10.0. The average molecular weight is 317 g/mol. The van der Waals surface area contributed by atoms with Gasteiger partial charge < -0.3 is 9.47 Å². The summed E-state index contributed by atoms with van der Waals surface area (Å²) in [5.41, 5.74) is 6.53. The summed E-state index contributed by atoms with van der Waals surface area (Å²) in [5, 5.41) is 0. The first kappa shape index (κ1) is 11.6. The van der Waals surface area contributed by atoms with Gasteiger partial charge in [-0.25, -0.2) is 0 Å². The minimum Gasteiger partial charge on any atom is -0.346 e. The maximum absolute atomic E-state index is 5.69. The molecule has 0 bridgehead atoms. The molecule has 0 radical (unpaired) electrons. The molecule has 0 spiro atoms. The molecule has 2 aromatic carbocycles. The molecule has 2 aliphatic rings. The molecule has 0 unspecified atom stereocenters. The van der Waals surface area contributed by atoms with Crippen molar-refractivity contribution in [3.63, 3.8) is 0 Å². The van der Waals surface area contributed by atoms with Gasteiger partial charge in [-0.15, -0.1) is 0 Å². The third-order valence-electron chi connectivity index (χ3n) is 3.84. The van der Waals surface area contributed by atoms with Gasteiger partial charge in [0.1, 0.15) is 0 Å². The molecule has 3 heteroatoms. The minimum atomic E-state index is -0.223. The van der Waals surface area contributed by atoms with E-state index in [1.807, 2.05) is 0 Å². The maximum Gasteiger partial charge on any atom is 0.185 e. The zero-order valence-corrected chi connectivity index (χ0v) is 11.9. The van der Waals surface area contributed by atoms with Crippen LogP contribution >= 0.6 is 15.9 Å². The van der Waals surface area contributed by atoms with E-state index in [-0.39, 0.29) is 6.29 Å². The fourth-order valence-electron chi connectivity index (χ4n) is 2.99. The second kappa shape index (κ2) is 4.44. The van der Waals surface area contributed by atoms with Crippen molar-refractivity contribution in [3.05, 3.63) is 57.6 Å². The Morgan fingerprint density at radius 2 is 1.74 bits per heavy atom. The molecule has 19 heavy (non-hydrogen) atoms. The van der Waals surface area contributed by atoms with Crippen LogP contribution in [0.5, 0.6) is 0 Å². The topological polar surface area (TPSA) is 18.5 Å². The van der Waals surface area contributed by atoms with Crippen molar-refractivity contribution in [1.29, 1.82) is 0 Å². The summed E-state index contributed by atoms with van der Waals surface area (Å²) in [4.78, 5) is 0.